The fraction of sp³-hybridized carbons (Fsp3) is 0.312. The quantitative estimate of drug-likeness (QED) is 0.674. The molecule has 0 unspecified atom stereocenters. The van der Waals surface area contributed by atoms with Gasteiger partial charge in [-0.3, -0.25) is 0 Å². The second-order valence-electron chi connectivity index (χ2n) is 4.35. The van der Waals surface area contributed by atoms with E-state index in [2.05, 4.69) is 58.5 Å². The zero-order valence-electron chi connectivity index (χ0n) is 10.6. The minimum Gasteiger partial charge on any atom is -0.194 e. The van der Waals surface area contributed by atoms with Crippen molar-refractivity contribution in [1.29, 1.82) is 0 Å². The van der Waals surface area contributed by atoms with Gasteiger partial charge in [-0.15, -0.1) is 23.4 Å². The van der Waals surface area contributed by atoms with Crippen molar-refractivity contribution in [2.45, 2.75) is 33.1 Å². The third-order valence-corrected chi connectivity index (χ3v) is 2.85. The Bertz CT molecular complexity index is 463. The lowest BCUT2D eigenvalue weighted by molar-refractivity contribution is 0.864. The molecule has 16 heavy (non-hydrogen) atoms. The maximum absolute atomic E-state index is 4.10. The van der Waals surface area contributed by atoms with Gasteiger partial charge in [0.25, 0.3) is 0 Å². The van der Waals surface area contributed by atoms with Crippen LogP contribution in [0.2, 0.25) is 0 Å². The standard InChI is InChI=1S/C16H21/c1-6-8-14(7-2)16-11-15(12(3)4)10-9-13(16)5/h6,8-12H,1,5,7H2,2-4H3/q-1. The summed E-state index contributed by atoms with van der Waals surface area (Å²) in [4.78, 5) is 0. The van der Waals surface area contributed by atoms with Crippen LogP contribution in [-0.2, 0) is 0 Å². The Hall–Kier alpha value is -1.43. The Morgan fingerprint density at radius 3 is 2.62 bits per heavy atom. The van der Waals surface area contributed by atoms with Gasteiger partial charge < -0.3 is 0 Å². The van der Waals surface area contributed by atoms with Crippen molar-refractivity contribution in [3.8, 4) is 0 Å². The van der Waals surface area contributed by atoms with E-state index in [0.717, 1.165) is 11.6 Å². The topological polar surface area (TPSA) is 0 Å². The number of hydrogen-bond acceptors (Lipinski definition) is 0. The minimum absolute atomic E-state index is 0.557. The third-order valence-electron chi connectivity index (χ3n) is 2.85. The second-order valence-corrected chi connectivity index (χ2v) is 4.35. The second kappa shape index (κ2) is 5.60. The smallest absolute Gasteiger partial charge is 0.0229 e. The number of rotatable bonds is 4. The molecule has 0 N–H and O–H groups in total. The van der Waals surface area contributed by atoms with E-state index in [1.54, 1.807) is 0 Å². The molecule has 86 valence electrons. The van der Waals surface area contributed by atoms with Gasteiger partial charge in [-0.2, -0.15) is 19.1 Å². The molecule has 0 bridgehead atoms. The van der Waals surface area contributed by atoms with E-state index in [9.17, 15) is 0 Å². The summed E-state index contributed by atoms with van der Waals surface area (Å²) in [6.45, 7) is 14.5. The van der Waals surface area contributed by atoms with Crippen molar-refractivity contribution in [2.75, 3.05) is 0 Å². The van der Waals surface area contributed by atoms with Gasteiger partial charge in [-0.1, -0.05) is 50.1 Å². The van der Waals surface area contributed by atoms with Gasteiger partial charge in [0.15, 0.2) is 0 Å². The lowest BCUT2D eigenvalue weighted by atomic mass is 9.98. The summed E-state index contributed by atoms with van der Waals surface area (Å²) in [6.07, 6.45) is 4.94. The highest BCUT2D eigenvalue weighted by Gasteiger charge is 1.97. The van der Waals surface area contributed by atoms with Crippen molar-refractivity contribution >= 4 is 12.2 Å². The SMILES string of the molecule is C=C[CH-]C(CC)=c1cc(C(C)C)ccc1=C. The summed E-state index contributed by atoms with van der Waals surface area (Å²) in [5, 5.41) is 2.35. The minimum atomic E-state index is 0.557. The first-order valence-electron chi connectivity index (χ1n) is 5.88. The third kappa shape index (κ3) is 2.79. The van der Waals surface area contributed by atoms with Crippen LogP contribution in [0.5, 0.6) is 0 Å². The maximum Gasteiger partial charge on any atom is -0.0229 e. The molecule has 0 heterocycles. The summed E-state index contributed by atoms with van der Waals surface area (Å²) < 4.78 is 0. The molecule has 1 aromatic carbocycles. The number of hydrogen-bond donors (Lipinski definition) is 0. The molecule has 0 radical (unpaired) electrons. The van der Waals surface area contributed by atoms with Crippen LogP contribution in [0.15, 0.2) is 30.9 Å². The molecule has 0 aromatic heterocycles. The van der Waals surface area contributed by atoms with Gasteiger partial charge in [-0.05, 0) is 5.92 Å². The molecule has 1 rings (SSSR count). The maximum atomic E-state index is 4.10. The van der Waals surface area contributed by atoms with Gasteiger partial charge in [0.1, 0.15) is 0 Å². The molecule has 0 fully saturated rings. The summed E-state index contributed by atoms with van der Waals surface area (Å²) in [6, 6.07) is 6.53. The van der Waals surface area contributed by atoms with Gasteiger partial charge in [0.05, 0.1) is 0 Å². The van der Waals surface area contributed by atoms with E-state index >= 15 is 0 Å². The predicted molar refractivity (Wildman–Crippen MR) is 73.5 cm³/mol. The number of benzene rings is 1. The highest BCUT2D eigenvalue weighted by atomic mass is 14.1. The van der Waals surface area contributed by atoms with Gasteiger partial charge in [0, 0.05) is 0 Å². The lowest BCUT2D eigenvalue weighted by Gasteiger charge is -2.12. The molecule has 0 heteroatoms. The van der Waals surface area contributed by atoms with Crippen LogP contribution in [0.25, 0.3) is 12.2 Å². The molecular weight excluding hydrogens is 192 g/mol. The Labute approximate surface area is 99.0 Å². The fourth-order valence-corrected chi connectivity index (χ4v) is 1.79. The Balaban J connectivity index is 3.45. The largest absolute Gasteiger partial charge is 0.194 e. The molecule has 1 aromatic rings. The zero-order valence-corrected chi connectivity index (χ0v) is 10.6. The fourth-order valence-electron chi connectivity index (χ4n) is 1.79. The first kappa shape index (κ1) is 12.6. The van der Waals surface area contributed by atoms with Crippen molar-refractivity contribution in [2.24, 2.45) is 0 Å². The number of allylic oxidation sites excluding steroid dienone is 1. The summed E-state index contributed by atoms with van der Waals surface area (Å²) in [5.74, 6) is 0.557. The van der Waals surface area contributed by atoms with Crippen molar-refractivity contribution < 1.29 is 0 Å². The predicted octanol–water partition coefficient (Wildman–Crippen LogP) is 3.17. The van der Waals surface area contributed by atoms with Gasteiger partial charge >= 0.3 is 0 Å². The van der Waals surface area contributed by atoms with Gasteiger partial charge in [-0.25, -0.2) is 0 Å². The van der Waals surface area contributed by atoms with Gasteiger partial charge in [0.2, 0.25) is 0 Å². The first-order chi connectivity index (χ1) is 7.60. The lowest BCUT2D eigenvalue weighted by Crippen LogP contribution is -2.26. The molecule has 0 aliphatic carbocycles. The highest BCUT2D eigenvalue weighted by Crippen LogP contribution is 2.11. The van der Waals surface area contributed by atoms with Crippen LogP contribution >= 0.6 is 0 Å². The van der Waals surface area contributed by atoms with Crippen LogP contribution in [0.3, 0.4) is 0 Å². The molecule has 0 aliphatic heterocycles. The van der Waals surface area contributed by atoms with Crippen molar-refractivity contribution in [3.05, 3.63) is 53.3 Å². The average molecular weight is 213 g/mol. The van der Waals surface area contributed by atoms with Crippen LogP contribution < -0.4 is 10.4 Å². The van der Waals surface area contributed by atoms with Crippen LogP contribution in [0.4, 0.5) is 0 Å². The first-order valence-corrected chi connectivity index (χ1v) is 5.88. The van der Waals surface area contributed by atoms with E-state index < -0.39 is 0 Å². The molecule has 0 nitrogen and oxygen atoms in total. The van der Waals surface area contributed by atoms with Crippen molar-refractivity contribution in [3.63, 3.8) is 0 Å². The summed E-state index contributed by atoms with van der Waals surface area (Å²) >= 11 is 0. The Kier molecular flexibility index (Phi) is 4.42. The average Bonchev–Trinajstić information content (AvgIpc) is 2.26. The molecule has 0 atom stereocenters. The molecule has 0 saturated carbocycles. The van der Waals surface area contributed by atoms with E-state index in [0.29, 0.717) is 5.92 Å². The summed E-state index contributed by atoms with van der Waals surface area (Å²) in [7, 11) is 0. The van der Waals surface area contributed by atoms with Crippen LogP contribution in [0, 0.1) is 6.42 Å². The van der Waals surface area contributed by atoms with E-state index in [4.69, 9.17) is 0 Å². The Morgan fingerprint density at radius 2 is 2.12 bits per heavy atom. The molecule has 0 spiro atoms. The monoisotopic (exact) mass is 213 g/mol. The normalized spacial score (nSPS) is 12.5. The highest BCUT2D eigenvalue weighted by molar-refractivity contribution is 5.56. The molecular formula is C16H21-. The van der Waals surface area contributed by atoms with E-state index in [-0.39, 0.29) is 0 Å². The van der Waals surface area contributed by atoms with E-state index in [1.165, 1.54) is 16.4 Å². The van der Waals surface area contributed by atoms with Crippen molar-refractivity contribution in [1.82, 2.24) is 0 Å². The van der Waals surface area contributed by atoms with E-state index in [1.807, 2.05) is 6.08 Å². The molecule has 0 amide bonds. The Morgan fingerprint density at radius 1 is 1.44 bits per heavy atom. The molecule has 0 saturated heterocycles. The zero-order chi connectivity index (χ0) is 12.1. The van der Waals surface area contributed by atoms with Crippen LogP contribution in [-0.4, -0.2) is 0 Å². The van der Waals surface area contributed by atoms with Crippen LogP contribution in [0.1, 0.15) is 38.7 Å². The molecule has 0 aliphatic rings. The summed E-state index contributed by atoms with van der Waals surface area (Å²) in [5.41, 5.74) is 2.67.